The Labute approximate surface area is 141 Å². The molecule has 0 aromatic heterocycles. The molecule has 2 rings (SSSR count). The van der Waals surface area contributed by atoms with Gasteiger partial charge in [-0.1, -0.05) is 34.6 Å². The molecule has 0 fully saturated rings. The van der Waals surface area contributed by atoms with Crippen LogP contribution in [0.1, 0.15) is 40.2 Å². The number of anilines is 1. The number of hydrogen-bond donors (Lipinski definition) is 1. The summed E-state index contributed by atoms with van der Waals surface area (Å²) in [5.74, 6) is 0.813. The van der Waals surface area contributed by atoms with E-state index in [1.807, 2.05) is 39.5 Å². The zero-order chi connectivity index (χ0) is 18.3. The van der Waals surface area contributed by atoms with Crippen LogP contribution in [0.3, 0.4) is 0 Å². The number of nitrogens with zero attached hydrogens (tertiary/aromatic N) is 2. The van der Waals surface area contributed by atoms with Crippen molar-refractivity contribution in [1.82, 2.24) is 0 Å². The lowest BCUT2D eigenvalue weighted by Gasteiger charge is -2.31. The van der Waals surface area contributed by atoms with E-state index >= 15 is 0 Å². The molecule has 0 radical (unpaired) electrons. The Bertz CT molecular complexity index is 600. The standard InChI is InChI=1S/C18H25F3N2O/c1-11(2)14-10-23(16(22-14)15(24)17(3,4)5)13-8-6-12(7-9-13)18(19,20)21/h6-9,11,14-15,24H,10H2,1-5H3/t14-,15-/m1/s1. The molecule has 1 heterocycles. The molecule has 0 bridgehead atoms. The molecule has 1 N–H and O–H groups in total. The van der Waals surface area contributed by atoms with Gasteiger partial charge in [-0.3, -0.25) is 4.99 Å². The summed E-state index contributed by atoms with van der Waals surface area (Å²) in [7, 11) is 0. The summed E-state index contributed by atoms with van der Waals surface area (Å²) in [5, 5.41) is 10.6. The van der Waals surface area contributed by atoms with E-state index < -0.39 is 23.3 Å². The van der Waals surface area contributed by atoms with Gasteiger partial charge in [-0.2, -0.15) is 13.2 Å². The Balaban J connectivity index is 2.35. The summed E-state index contributed by atoms with van der Waals surface area (Å²) in [6, 6.07) is 5.03. The second-order valence-electron chi connectivity index (χ2n) is 7.72. The third-order valence-corrected chi connectivity index (χ3v) is 4.29. The highest BCUT2D eigenvalue weighted by Gasteiger charge is 2.37. The van der Waals surface area contributed by atoms with E-state index in [0.717, 1.165) is 12.1 Å². The van der Waals surface area contributed by atoms with E-state index in [1.165, 1.54) is 12.1 Å². The minimum absolute atomic E-state index is 0.0132. The van der Waals surface area contributed by atoms with Gasteiger partial charge < -0.3 is 10.0 Å². The van der Waals surface area contributed by atoms with Gasteiger partial charge in [-0.15, -0.1) is 0 Å². The molecule has 0 amide bonds. The summed E-state index contributed by atoms with van der Waals surface area (Å²) in [6.45, 7) is 10.4. The highest BCUT2D eigenvalue weighted by atomic mass is 19.4. The van der Waals surface area contributed by atoms with Crippen LogP contribution in [0.2, 0.25) is 0 Å². The van der Waals surface area contributed by atoms with Crippen LogP contribution < -0.4 is 4.90 Å². The van der Waals surface area contributed by atoms with Crippen molar-refractivity contribution in [3.05, 3.63) is 29.8 Å². The van der Waals surface area contributed by atoms with Crippen molar-refractivity contribution in [2.45, 2.75) is 52.9 Å². The van der Waals surface area contributed by atoms with E-state index in [9.17, 15) is 18.3 Å². The fourth-order valence-corrected chi connectivity index (χ4v) is 2.59. The number of amidine groups is 1. The first-order chi connectivity index (χ1) is 10.9. The highest BCUT2D eigenvalue weighted by Crippen LogP contribution is 2.33. The lowest BCUT2D eigenvalue weighted by atomic mass is 9.88. The second-order valence-corrected chi connectivity index (χ2v) is 7.72. The smallest absolute Gasteiger partial charge is 0.385 e. The van der Waals surface area contributed by atoms with Crippen LogP contribution in [0, 0.1) is 11.3 Å². The summed E-state index contributed by atoms with van der Waals surface area (Å²) >= 11 is 0. The van der Waals surface area contributed by atoms with Crippen molar-refractivity contribution in [3.63, 3.8) is 0 Å². The molecular formula is C18H25F3N2O. The number of alkyl halides is 3. The van der Waals surface area contributed by atoms with Crippen molar-refractivity contribution in [1.29, 1.82) is 0 Å². The van der Waals surface area contributed by atoms with Crippen molar-refractivity contribution < 1.29 is 18.3 Å². The number of aliphatic imine (C=N–C) groups is 1. The van der Waals surface area contributed by atoms with Gasteiger partial charge in [0.2, 0.25) is 0 Å². The Hall–Kier alpha value is -1.56. The largest absolute Gasteiger partial charge is 0.416 e. The van der Waals surface area contributed by atoms with Gasteiger partial charge in [-0.05, 0) is 35.6 Å². The van der Waals surface area contributed by atoms with Crippen LogP contribution in [0.5, 0.6) is 0 Å². The topological polar surface area (TPSA) is 35.8 Å². The SMILES string of the molecule is CC(C)[C@H]1CN(c2ccc(C(F)(F)F)cc2)C([C@@H](O)C(C)(C)C)=N1. The first-order valence-corrected chi connectivity index (χ1v) is 8.12. The van der Waals surface area contributed by atoms with Gasteiger partial charge in [-0.25, -0.2) is 0 Å². The van der Waals surface area contributed by atoms with Gasteiger partial charge in [0.15, 0.2) is 0 Å². The first-order valence-electron chi connectivity index (χ1n) is 8.12. The molecule has 0 saturated heterocycles. The number of halogens is 3. The second kappa shape index (κ2) is 6.39. The molecule has 3 nitrogen and oxygen atoms in total. The first kappa shape index (κ1) is 18.8. The molecule has 6 heteroatoms. The van der Waals surface area contributed by atoms with E-state index in [1.54, 1.807) is 0 Å². The van der Waals surface area contributed by atoms with E-state index in [4.69, 9.17) is 0 Å². The van der Waals surface area contributed by atoms with Crippen molar-refractivity contribution in [3.8, 4) is 0 Å². The maximum absolute atomic E-state index is 12.7. The van der Waals surface area contributed by atoms with Crippen molar-refractivity contribution >= 4 is 11.5 Å². The zero-order valence-electron chi connectivity index (χ0n) is 14.7. The molecular weight excluding hydrogens is 317 g/mol. The third kappa shape index (κ3) is 3.91. The van der Waals surface area contributed by atoms with Crippen LogP contribution in [0.4, 0.5) is 18.9 Å². The molecule has 1 aliphatic rings. The lowest BCUT2D eigenvalue weighted by molar-refractivity contribution is -0.137. The monoisotopic (exact) mass is 342 g/mol. The molecule has 1 aromatic carbocycles. The molecule has 1 aliphatic heterocycles. The van der Waals surface area contributed by atoms with Crippen molar-refractivity contribution in [2.75, 3.05) is 11.4 Å². The highest BCUT2D eigenvalue weighted by molar-refractivity contribution is 6.03. The van der Waals surface area contributed by atoms with Gasteiger partial charge in [0.1, 0.15) is 11.9 Å². The minimum atomic E-state index is -4.36. The molecule has 0 spiro atoms. The summed E-state index contributed by atoms with van der Waals surface area (Å²) in [4.78, 5) is 6.49. The average Bonchev–Trinajstić information content (AvgIpc) is 2.89. The molecule has 1 aromatic rings. The van der Waals surface area contributed by atoms with Gasteiger partial charge in [0.05, 0.1) is 11.6 Å². The fraction of sp³-hybridized carbons (Fsp3) is 0.611. The number of aliphatic hydroxyl groups excluding tert-OH is 1. The lowest BCUT2D eigenvalue weighted by Crippen LogP contribution is -2.43. The Morgan fingerprint density at radius 3 is 2.08 bits per heavy atom. The Morgan fingerprint density at radius 1 is 1.12 bits per heavy atom. The molecule has 0 aliphatic carbocycles. The normalized spacial score (nSPS) is 20.5. The summed E-state index contributed by atoms with van der Waals surface area (Å²) < 4.78 is 38.2. The Kier molecular flexibility index (Phi) is 5.00. The maximum Gasteiger partial charge on any atom is 0.416 e. The van der Waals surface area contributed by atoms with Crippen LogP contribution in [0.15, 0.2) is 29.3 Å². The van der Waals surface area contributed by atoms with Gasteiger partial charge in [0, 0.05) is 12.2 Å². The van der Waals surface area contributed by atoms with Crippen LogP contribution in [0.25, 0.3) is 0 Å². The van der Waals surface area contributed by atoms with E-state index in [2.05, 4.69) is 4.99 Å². The maximum atomic E-state index is 12.7. The predicted octanol–water partition coefficient (Wildman–Crippen LogP) is 4.36. The third-order valence-electron chi connectivity index (χ3n) is 4.29. The van der Waals surface area contributed by atoms with E-state index in [-0.39, 0.29) is 12.0 Å². The van der Waals surface area contributed by atoms with Crippen LogP contribution >= 0.6 is 0 Å². The number of hydrogen-bond acceptors (Lipinski definition) is 3. The molecule has 24 heavy (non-hydrogen) atoms. The number of rotatable bonds is 3. The predicted molar refractivity (Wildman–Crippen MR) is 90.3 cm³/mol. The molecule has 0 saturated carbocycles. The minimum Gasteiger partial charge on any atom is -0.385 e. The number of benzene rings is 1. The Morgan fingerprint density at radius 2 is 1.67 bits per heavy atom. The van der Waals surface area contributed by atoms with Crippen molar-refractivity contribution in [2.24, 2.45) is 16.3 Å². The molecule has 134 valence electrons. The summed E-state index contributed by atoms with van der Waals surface area (Å²) in [5.41, 5.74) is -0.469. The number of aliphatic hydroxyl groups is 1. The van der Waals surface area contributed by atoms with Crippen LogP contribution in [-0.4, -0.2) is 29.6 Å². The van der Waals surface area contributed by atoms with Gasteiger partial charge >= 0.3 is 6.18 Å². The molecule has 2 atom stereocenters. The summed E-state index contributed by atoms with van der Waals surface area (Å²) in [6.07, 6.45) is -5.14. The quantitative estimate of drug-likeness (QED) is 0.886. The molecule has 0 unspecified atom stereocenters. The van der Waals surface area contributed by atoms with E-state index in [0.29, 0.717) is 18.1 Å². The van der Waals surface area contributed by atoms with Crippen LogP contribution in [-0.2, 0) is 6.18 Å². The average molecular weight is 342 g/mol. The van der Waals surface area contributed by atoms with Gasteiger partial charge in [0.25, 0.3) is 0 Å². The fourth-order valence-electron chi connectivity index (χ4n) is 2.59. The zero-order valence-corrected chi connectivity index (χ0v) is 14.7.